The van der Waals surface area contributed by atoms with Crippen molar-refractivity contribution in [2.24, 2.45) is 0 Å². The maximum Gasteiger partial charge on any atom is 0.196 e. The van der Waals surface area contributed by atoms with Gasteiger partial charge in [0.05, 0.1) is 5.75 Å². The molecule has 0 saturated carbocycles. The Balaban J connectivity index is 1.81. The number of hydrogen-bond acceptors (Lipinski definition) is 4. The Hall–Kier alpha value is -2.40. The maximum atomic E-state index is 12.7. The monoisotopic (exact) mass is 351 g/mol. The SMILES string of the molecule is Cc1cc(C)c(C(=O)CSc2nnc(C)n2-c2ccccc2)cc1C. The van der Waals surface area contributed by atoms with Crippen LogP contribution in [0.5, 0.6) is 0 Å². The highest BCUT2D eigenvalue weighted by Crippen LogP contribution is 2.24. The summed E-state index contributed by atoms with van der Waals surface area (Å²) >= 11 is 1.42. The van der Waals surface area contributed by atoms with Crippen LogP contribution in [0.2, 0.25) is 0 Å². The molecule has 0 fully saturated rings. The molecule has 128 valence electrons. The molecular weight excluding hydrogens is 330 g/mol. The molecule has 3 rings (SSSR count). The van der Waals surface area contributed by atoms with Gasteiger partial charge in [0.2, 0.25) is 0 Å². The van der Waals surface area contributed by atoms with Crippen LogP contribution >= 0.6 is 11.8 Å². The van der Waals surface area contributed by atoms with E-state index in [0.717, 1.165) is 33.4 Å². The Morgan fingerprint density at radius 3 is 2.36 bits per heavy atom. The second-order valence-electron chi connectivity index (χ2n) is 6.16. The number of carbonyl (C=O) groups is 1. The molecule has 25 heavy (non-hydrogen) atoms. The lowest BCUT2D eigenvalue weighted by Crippen LogP contribution is -2.07. The second-order valence-corrected chi connectivity index (χ2v) is 7.11. The van der Waals surface area contributed by atoms with Crippen molar-refractivity contribution in [2.45, 2.75) is 32.9 Å². The lowest BCUT2D eigenvalue weighted by Gasteiger charge is -2.10. The van der Waals surface area contributed by atoms with Crippen molar-refractivity contribution in [2.75, 3.05) is 5.75 Å². The first-order chi connectivity index (χ1) is 12.0. The lowest BCUT2D eigenvalue weighted by molar-refractivity contribution is 0.102. The van der Waals surface area contributed by atoms with Gasteiger partial charge in [0.25, 0.3) is 0 Å². The summed E-state index contributed by atoms with van der Waals surface area (Å²) in [6, 6.07) is 14.0. The van der Waals surface area contributed by atoms with E-state index in [9.17, 15) is 4.79 Å². The molecule has 0 aliphatic heterocycles. The van der Waals surface area contributed by atoms with Crippen LogP contribution < -0.4 is 0 Å². The van der Waals surface area contributed by atoms with Crippen molar-refractivity contribution < 1.29 is 4.79 Å². The summed E-state index contributed by atoms with van der Waals surface area (Å²) in [5.41, 5.74) is 5.17. The number of benzene rings is 2. The Labute approximate surface area is 152 Å². The highest BCUT2D eigenvalue weighted by Gasteiger charge is 2.15. The zero-order valence-electron chi connectivity index (χ0n) is 14.9. The molecule has 0 bridgehead atoms. The smallest absolute Gasteiger partial charge is 0.196 e. The quantitative estimate of drug-likeness (QED) is 0.502. The van der Waals surface area contributed by atoms with Gasteiger partial charge in [-0.1, -0.05) is 36.0 Å². The summed E-state index contributed by atoms with van der Waals surface area (Å²) in [6.45, 7) is 8.00. The first-order valence-electron chi connectivity index (χ1n) is 8.18. The molecule has 0 N–H and O–H groups in total. The first-order valence-corrected chi connectivity index (χ1v) is 9.17. The Bertz CT molecular complexity index is 916. The van der Waals surface area contributed by atoms with E-state index in [0.29, 0.717) is 5.75 Å². The van der Waals surface area contributed by atoms with Crippen LogP contribution in [0.3, 0.4) is 0 Å². The van der Waals surface area contributed by atoms with E-state index >= 15 is 0 Å². The Kier molecular flexibility index (Phi) is 5.04. The van der Waals surface area contributed by atoms with Gasteiger partial charge < -0.3 is 0 Å². The highest BCUT2D eigenvalue weighted by molar-refractivity contribution is 7.99. The predicted molar refractivity (Wildman–Crippen MR) is 102 cm³/mol. The van der Waals surface area contributed by atoms with Crippen LogP contribution in [0.15, 0.2) is 47.6 Å². The maximum absolute atomic E-state index is 12.7. The summed E-state index contributed by atoms with van der Waals surface area (Å²) in [5.74, 6) is 1.27. The van der Waals surface area contributed by atoms with E-state index in [2.05, 4.69) is 23.2 Å². The first kappa shape index (κ1) is 17.4. The molecule has 1 aromatic heterocycles. The van der Waals surface area contributed by atoms with E-state index in [1.54, 1.807) is 0 Å². The number of para-hydroxylation sites is 1. The molecule has 0 aliphatic rings. The number of ketones is 1. The molecule has 3 aromatic rings. The zero-order valence-corrected chi connectivity index (χ0v) is 15.7. The van der Waals surface area contributed by atoms with Crippen molar-refractivity contribution in [3.8, 4) is 5.69 Å². The van der Waals surface area contributed by atoms with Gasteiger partial charge in [0.15, 0.2) is 10.9 Å². The minimum absolute atomic E-state index is 0.117. The molecule has 4 nitrogen and oxygen atoms in total. The van der Waals surface area contributed by atoms with Crippen molar-refractivity contribution in [1.82, 2.24) is 14.8 Å². The number of aryl methyl sites for hydroxylation is 4. The summed E-state index contributed by atoms with van der Waals surface area (Å²) in [4.78, 5) is 12.7. The number of aromatic nitrogens is 3. The number of nitrogens with zero attached hydrogens (tertiary/aromatic N) is 3. The average Bonchev–Trinajstić information content (AvgIpc) is 2.97. The molecule has 5 heteroatoms. The Morgan fingerprint density at radius 2 is 1.64 bits per heavy atom. The van der Waals surface area contributed by atoms with E-state index in [-0.39, 0.29) is 5.78 Å². The van der Waals surface area contributed by atoms with Crippen LogP contribution in [-0.2, 0) is 0 Å². The summed E-state index contributed by atoms with van der Waals surface area (Å²) < 4.78 is 1.98. The molecule has 0 radical (unpaired) electrons. The van der Waals surface area contributed by atoms with E-state index in [1.165, 1.54) is 17.3 Å². The van der Waals surface area contributed by atoms with Crippen LogP contribution in [0, 0.1) is 27.7 Å². The van der Waals surface area contributed by atoms with Crippen molar-refractivity contribution in [3.05, 3.63) is 70.5 Å². The van der Waals surface area contributed by atoms with Gasteiger partial charge in [-0.15, -0.1) is 10.2 Å². The minimum atomic E-state index is 0.117. The average molecular weight is 351 g/mol. The molecule has 2 aromatic carbocycles. The number of hydrogen-bond donors (Lipinski definition) is 0. The predicted octanol–water partition coefficient (Wildman–Crippen LogP) is 4.48. The fourth-order valence-electron chi connectivity index (χ4n) is 2.78. The highest BCUT2D eigenvalue weighted by atomic mass is 32.2. The van der Waals surface area contributed by atoms with Gasteiger partial charge in [-0.25, -0.2) is 0 Å². The van der Waals surface area contributed by atoms with E-state index in [1.807, 2.05) is 61.7 Å². The number of Topliss-reactive ketones (excluding diaryl/α,β-unsaturated/α-hetero) is 1. The molecule has 0 saturated heterocycles. The van der Waals surface area contributed by atoms with Gasteiger partial charge >= 0.3 is 0 Å². The molecular formula is C20H21N3OS. The largest absolute Gasteiger partial charge is 0.293 e. The standard InChI is InChI=1S/C20H21N3OS/c1-13-10-15(3)18(11-14(13)2)19(24)12-25-20-22-21-16(4)23(20)17-8-6-5-7-9-17/h5-11H,12H2,1-4H3. The number of carbonyl (C=O) groups excluding carboxylic acids is 1. The second kappa shape index (κ2) is 7.23. The van der Waals surface area contributed by atoms with Gasteiger partial charge in [0, 0.05) is 11.3 Å². The van der Waals surface area contributed by atoms with Gasteiger partial charge in [-0.05, 0) is 62.6 Å². The third-order valence-electron chi connectivity index (χ3n) is 4.28. The minimum Gasteiger partial charge on any atom is -0.293 e. The van der Waals surface area contributed by atoms with Gasteiger partial charge in [-0.2, -0.15) is 0 Å². The molecule has 1 heterocycles. The molecule has 0 unspecified atom stereocenters. The molecule has 0 aliphatic carbocycles. The summed E-state index contributed by atoms with van der Waals surface area (Å²) in [7, 11) is 0. The van der Waals surface area contributed by atoms with Gasteiger partial charge in [-0.3, -0.25) is 9.36 Å². The van der Waals surface area contributed by atoms with Crippen molar-refractivity contribution in [3.63, 3.8) is 0 Å². The molecule has 0 amide bonds. The third kappa shape index (κ3) is 3.66. The van der Waals surface area contributed by atoms with Crippen LogP contribution in [-0.4, -0.2) is 26.3 Å². The molecule has 0 atom stereocenters. The fourth-order valence-corrected chi connectivity index (χ4v) is 3.66. The van der Waals surface area contributed by atoms with Crippen LogP contribution in [0.4, 0.5) is 0 Å². The Morgan fingerprint density at radius 1 is 0.960 bits per heavy atom. The third-order valence-corrected chi connectivity index (χ3v) is 5.21. The summed E-state index contributed by atoms with van der Waals surface area (Å²) in [6.07, 6.45) is 0. The zero-order chi connectivity index (χ0) is 18.0. The van der Waals surface area contributed by atoms with Crippen molar-refractivity contribution in [1.29, 1.82) is 0 Å². The van der Waals surface area contributed by atoms with Crippen LogP contribution in [0.25, 0.3) is 5.69 Å². The fraction of sp³-hybridized carbons (Fsp3) is 0.250. The summed E-state index contributed by atoms with van der Waals surface area (Å²) in [5, 5.41) is 9.14. The molecule has 0 spiro atoms. The topological polar surface area (TPSA) is 47.8 Å². The van der Waals surface area contributed by atoms with Crippen molar-refractivity contribution >= 4 is 17.5 Å². The lowest BCUT2D eigenvalue weighted by atomic mass is 9.99. The number of rotatable bonds is 5. The van der Waals surface area contributed by atoms with Crippen LogP contribution in [0.1, 0.15) is 32.9 Å². The number of thioether (sulfide) groups is 1. The normalized spacial score (nSPS) is 10.9. The van der Waals surface area contributed by atoms with E-state index < -0.39 is 0 Å². The van der Waals surface area contributed by atoms with Gasteiger partial charge in [0.1, 0.15) is 5.82 Å². The van der Waals surface area contributed by atoms with E-state index in [4.69, 9.17) is 0 Å².